The Labute approximate surface area is 168 Å². The van der Waals surface area contributed by atoms with E-state index < -0.39 is 5.97 Å². The molecule has 29 heavy (non-hydrogen) atoms. The van der Waals surface area contributed by atoms with E-state index in [1.165, 1.54) is 6.21 Å². The van der Waals surface area contributed by atoms with Crippen molar-refractivity contribution in [1.82, 2.24) is 5.43 Å². The van der Waals surface area contributed by atoms with E-state index in [1.54, 1.807) is 55.6 Å². The molecule has 0 bridgehead atoms. The smallest absolute Gasteiger partial charge is 0.343 e. The average Bonchev–Trinajstić information content (AvgIpc) is 2.75. The van der Waals surface area contributed by atoms with Crippen LogP contribution < -0.4 is 14.9 Å². The maximum Gasteiger partial charge on any atom is 0.343 e. The molecule has 6 nitrogen and oxygen atoms in total. The SMILES string of the molecule is COc1ccc(C(=O)Oc2ccc(C=NNC(=O)Cc3ccccc3)cc2)cc1. The molecule has 0 aromatic heterocycles. The molecule has 6 heteroatoms. The van der Waals surface area contributed by atoms with Crippen molar-refractivity contribution < 1.29 is 19.1 Å². The fourth-order valence-corrected chi connectivity index (χ4v) is 2.51. The minimum Gasteiger partial charge on any atom is -0.497 e. The van der Waals surface area contributed by atoms with Gasteiger partial charge in [0.25, 0.3) is 0 Å². The lowest BCUT2D eigenvalue weighted by Gasteiger charge is -2.05. The number of methoxy groups -OCH3 is 1. The highest BCUT2D eigenvalue weighted by atomic mass is 16.5. The molecule has 0 heterocycles. The molecule has 0 saturated carbocycles. The Kier molecular flexibility index (Phi) is 6.73. The molecule has 146 valence electrons. The number of benzene rings is 3. The second kappa shape index (κ2) is 9.85. The lowest BCUT2D eigenvalue weighted by molar-refractivity contribution is -0.120. The summed E-state index contributed by atoms with van der Waals surface area (Å²) in [6.45, 7) is 0. The number of nitrogens with one attached hydrogen (secondary N) is 1. The van der Waals surface area contributed by atoms with Crippen LogP contribution in [0, 0.1) is 0 Å². The monoisotopic (exact) mass is 388 g/mol. The molecule has 0 fully saturated rings. The highest BCUT2D eigenvalue weighted by molar-refractivity contribution is 5.91. The zero-order chi connectivity index (χ0) is 20.5. The number of ether oxygens (including phenoxy) is 2. The largest absolute Gasteiger partial charge is 0.497 e. The lowest BCUT2D eigenvalue weighted by atomic mass is 10.1. The van der Waals surface area contributed by atoms with Crippen LogP contribution in [-0.2, 0) is 11.2 Å². The molecule has 0 unspecified atom stereocenters. The van der Waals surface area contributed by atoms with Crippen molar-refractivity contribution >= 4 is 18.1 Å². The van der Waals surface area contributed by atoms with Crippen LogP contribution in [0.5, 0.6) is 11.5 Å². The number of hydrazone groups is 1. The van der Waals surface area contributed by atoms with Crippen molar-refractivity contribution in [2.24, 2.45) is 5.10 Å². The van der Waals surface area contributed by atoms with Gasteiger partial charge in [0.1, 0.15) is 11.5 Å². The summed E-state index contributed by atoms with van der Waals surface area (Å²) < 4.78 is 10.4. The normalized spacial score (nSPS) is 10.5. The zero-order valence-electron chi connectivity index (χ0n) is 15.9. The summed E-state index contributed by atoms with van der Waals surface area (Å²) >= 11 is 0. The van der Waals surface area contributed by atoms with E-state index in [0.29, 0.717) is 17.1 Å². The quantitative estimate of drug-likeness (QED) is 0.290. The van der Waals surface area contributed by atoms with Gasteiger partial charge in [0.05, 0.1) is 25.3 Å². The predicted octanol–water partition coefficient (Wildman–Crippen LogP) is 3.61. The second-order valence-corrected chi connectivity index (χ2v) is 6.14. The van der Waals surface area contributed by atoms with Gasteiger partial charge in [0.15, 0.2) is 0 Å². The third kappa shape index (κ3) is 6.04. The van der Waals surface area contributed by atoms with Crippen LogP contribution in [0.4, 0.5) is 0 Å². The van der Waals surface area contributed by atoms with Crippen LogP contribution in [0.2, 0.25) is 0 Å². The molecule has 0 atom stereocenters. The van der Waals surface area contributed by atoms with E-state index in [4.69, 9.17) is 9.47 Å². The molecule has 0 aliphatic carbocycles. The number of carbonyl (C=O) groups excluding carboxylic acids is 2. The Morgan fingerprint density at radius 1 is 0.897 bits per heavy atom. The van der Waals surface area contributed by atoms with Gasteiger partial charge >= 0.3 is 5.97 Å². The van der Waals surface area contributed by atoms with Crippen LogP contribution >= 0.6 is 0 Å². The molecule has 0 saturated heterocycles. The Morgan fingerprint density at radius 3 is 2.21 bits per heavy atom. The fraction of sp³-hybridized carbons (Fsp3) is 0.0870. The summed E-state index contributed by atoms with van der Waals surface area (Å²) in [5, 5.41) is 3.95. The van der Waals surface area contributed by atoms with Gasteiger partial charge < -0.3 is 9.47 Å². The Bertz CT molecular complexity index is 982. The number of rotatable bonds is 7. The van der Waals surface area contributed by atoms with Crippen LogP contribution in [0.15, 0.2) is 84.0 Å². The lowest BCUT2D eigenvalue weighted by Crippen LogP contribution is -2.19. The third-order valence-electron chi connectivity index (χ3n) is 4.03. The standard InChI is InChI=1S/C23H20N2O4/c1-28-20-13-9-19(10-14-20)23(27)29-21-11-7-18(8-12-21)16-24-25-22(26)15-17-5-3-2-4-6-17/h2-14,16H,15H2,1H3,(H,25,26). The van der Waals surface area contributed by atoms with Gasteiger partial charge in [-0.1, -0.05) is 30.3 Å². The van der Waals surface area contributed by atoms with E-state index in [-0.39, 0.29) is 12.3 Å². The summed E-state index contributed by atoms with van der Waals surface area (Å²) in [6, 6.07) is 22.9. The van der Waals surface area contributed by atoms with Crippen molar-refractivity contribution in [3.63, 3.8) is 0 Å². The molecule has 0 aliphatic heterocycles. The highest BCUT2D eigenvalue weighted by Crippen LogP contribution is 2.16. The minimum atomic E-state index is -0.456. The molecular formula is C23H20N2O4. The maximum absolute atomic E-state index is 12.2. The number of hydrogen-bond donors (Lipinski definition) is 1. The third-order valence-corrected chi connectivity index (χ3v) is 4.03. The average molecular weight is 388 g/mol. The summed E-state index contributed by atoms with van der Waals surface area (Å²) in [5.41, 5.74) is 4.60. The summed E-state index contributed by atoms with van der Waals surface area (Å²) in [4.78, 5) is 24.0. The topological polar surface area (TPSA) is 77.0 Å². The second-order valence-electron chi connectivity index (χ2n) is 6.14. The number of nitrogens with zero attached hydrogens (tertiary/aromatic N) is 1. The Morgan fingerprint density at radius 2 is 1.55 bits per heavy atom. The molecule has 0 aliphatic rings. The van der Waals surface area contributed by atoms with E-state index in [0.717, 1.165) is 11.1 Å². The van der Waals surface area contributed by atoms with Crippen LogP contribution in [0.3, 0.4) is 0 Å². The van der Waals surface area contributed by atoms with Gasteiger partial charge in [-0.2, -0.15) is 5.10 Å². The molecule has 3 aromatic rings. The molecule has 0 radical (unpaired) electrons. The number of esters is 1. The van der Waals surface area contributed by atoms with Crippen LogP contribution in [0.1, 0.15) is 21.5 Å². The van der Waals surface area contributed by atoms with Crippen molar-refractivity contribution in [2.75, 3.05) is 7.11 Å². The molecule has 3 aromatic carbocycles. The molecule has 3 rings (SSSR count). The first-order valence-corrected chi connectivity index (χ1v) is 8.96. The molecule has 1 amide bonds. The van der Waals surface area contributed by atoms with Gasteiger partial charge in [-0.3, -0.25) is 4.79 Å². The summed E-state index contributed by atoms with van der Waals surface area (Å²) in [5.74, 6) is 0.428. The van der Waals surface area contributed by atoms with Gasteiger partial charge in [0, 0.05) is 0 Å². The minimum absolute atomic E-state index is 0.197. The predicted molar refractivity (Wildman–Crippen MR) is 110 cm³/mol. The fourth-order valence-electron chi connectivity index (χ4n) is 2.51. The molecule has 0 spiro atoms. The first-order chi connectivity index (χ1) is 14.1. The first-order valence-electron chi connectivity index (χ1n) is 8.96. The van der Waals surface area contributed by atoms with Crippen molar-refractivity contribution in [1.29, 1.82) is 0 Å². The van der Waals surface area contributed by atoms with Gasteiger partial charge in [-0.05, 0) is 59.7 Å². The molecular weight excluding hydrogens is 368 g/mol. The summed E-state index contributed by atoms with van der Waals surface area (Å²) in [6.07, 6.45) is 1.79. The maximum atomic E-state index is 12.2. The van der Waals surface area contributed by atoms with Crippen molar-refractivity contribution in [2.45, 2.75) is 6.42 Å². The van der Waals surface area contributed by atoms with E-state index >= 15 is 0 Å². The Hall–Kier alpha value is -3.93. The van der Waals surface area contributed by atoms with Crippen molar-refractivity contribution in [3.8, 4) is 11.5 Å². The van der Waals surface area contributed by atoms with E-state index in [2.05, 4.69) is 10.5 Å². The van der Waals surface area contributed by atoms with Gasteiger partial charge in [-0.25, -0.2) is 10.2 Å². The number of hydrogen-bond acceptors (Lipinski definition) is 5. The van der Waals surface area contributed by atoms with E-state index in [9.17, 15) is 9.59 Å². The number of carbonyl (C=O) groups is 2. The Balaban J connectivity index is 1.50. The van der Waals surface area contributed by atoms with E-state index in [1.807, 2.05) is 30.3 Å². The zero-order valence-corrected chi connectivity index (χ0v) is 15.9. The molecule has 1 N–H and O–H groups in total. The van der Waals surface area contributed by atoms with Crippen LogP contribution in [0.25, 0.3) is 0 Å². The summed E-state index contributed by atoms with van der Waals surface area (Å²) in [7, 11) is 1.56. The number of amides is 1. The van der Waals surface area contributed by atoms with Crippen molar-refractivity contribution in [3.05, 3.63) is 95.6 Å². The highest BCUT2D eigenvalue weighted by Gasteiger charge is 2.08. The first kappa shape index (κ1) is 19.8. The van der Waals surface area contributed by atoms with Gasteiger partial charge in [0.2, 0.25) is 5.91 Å². The van der Waals surface area contributed by atoms with Crippen LogP contribution in [-0.4, -0.2) is 25.2 Å². The van der Waals surface area contributed by atoms with Gasteiger partial charge in [-0.15, -0.1) is 0 Å².